The van der Waals surface area contributed by atoms with Crippen molar-refractivity contribution in [3.05, 3.63) is 0 Å². The van der Waals surface area contributed by atoms with Crippen molar-refractivity contribution in [3.63, 3.8) is 0 Å². The molecular formula is C13H24O6. The number of carbonyl (C=O) groups excluding carboxylic acids is 1. The zero-order valence-corrected chi connectivity index (χ0v) is 12.3. The molecule has 19 heavy (non-hydrogen) atoms. The SMILES string of the molecule is CC(=O)O[C@H]1C(O)C(O)C(OC(C)(C)C)OC1(C)C. The Labute approximate surface area is 113 Å². The van der Waals surface area contributed by atoms with Crippen LogP contribution in [0.25, 0.3) is 0 Å². The van der Waals surface area contributed by atoms with Crippen LogP contribution < -0.4 is 0 Å². The van der Waals surface area contributed by atoms with Crippen molar-refractivity contribution in [3.8, 4) is 0 Å². The molecule has 3 unspecified atom stereocenters. The Hall–Kier alpha value is -0.690. The molecule has 0 amide bonds. The van der Waals surface area contributed by atoms with Crippen LogP contribution in [-0.4, -0.2) is 52.0 Å². The highest BCUT2D eigenvalue weighted by Crippen LogP contribution is 2.33. The van der Waals surface area contributed by atoms with E-state index in [9.17, 15) is 15.0 Å². The fourth-order valence-electron chi connectivity index (χ4n) is 2.02. The second kappa shape index (κ2) is 5.36. The van der Waals surface area contributed by atoms with Crippen LogP contribution in [0, 0.1) is 0 Å². The van der Waals surface area contributed by atoms with Crippen LogP contribution in [-0.2, 0) is 19.0 Å². The lowest BCUT2D eigenvalue weighted by molar-refractivity contribution is -0.341. The monoisotopic (exact) mass is 276 g/mol. The van der Waals surface area contributed by atoms with Gasteiger partial charge in [0, 0.05) is 6.92 Å². The minimum absolute atomic E-state index is 0.532. The quantitative estimate of drug-likeness (QED) is 0.718. The van der Waals surface area contributed by atoms with E-state index in [1.165, 1.54) is 6.92 Å². The Bertz CT molecular complexity index is 333. The van der Waals surface area contributed by atoms with Gasteiger partial charge < -0.3 is 24.4 Å². The Kier molecular flexibility index (Phi) is 4.62. The van der Waals surface area contributed by atoms with Gasteiger partial charge in [0.15, 0.2) is 12.4 Å². The molecule has 0 aromatic heterocycles. The largest absolute Gasteiger partial charge is 0.457 e. The van der Waals surface area contributed by atoms with Gasteiger partial charge in [-0.2, -0.15) is 0 Å². The maximum atomic E-state index is 11.1. The van der Waals surface area contributed by atoms with Crippen LogP contribution in [0.3, 0.4) is 0 Å². The zero-order valence-electron chi connectivity index (χ0n) is 12.3. The van der Waals surface area contributed by atoms with Gasteiger partial charge in [0.2, 0.25) is 0 Å². The number of hydrogen-bond donors (Lipinski definition) is 2. The van der Waals surface area contributed by atoms with E-state index in [2.05, 4.69) is 0 Å². The number of esters is 1. The lowest BCUT2D eigenvalue weighted by Gasteiger charge is -2.47. The summed E-state index contributed by atoms with van der Waals surface area (Å²) in [6, 6.07) is 0. The average molecular weight is 276 g/mol. The molecule has 0 radical (unpaired) electrons. The summed E-state index contributed by atoms with van der Waals surface area (Å²) < 4.78 is 16.3. The molecule has 2 N–H and O–H groups in total. The summed E-state index contributed by atoms with van der Waals surface area (Å²) in [6.07, 6.45) is -4.46. The number of rotatable bonds is 2. The zero-order chi connectivity index (χ0) is 15.0. The lowest BCUT2D eigenvalue weighted by Crippen LogP contribution is -2.64. The van der Waals surface area contributed by atoms with Crippen molar-refractivity contribution in [1.82, 2.24) is 0 Å². The second-order valence-corrected chi connectivity index (χ2v) is 6.33. The van der Waals surface area contributed by atoms with Gasteiger partial charge in [0.1, 0.15) is 17.8 Å². The van der Waals surface area contributed by atoms with Gasteiger partial charge in [-0.3, -0.25) is 4.79 Å². The van der Waals surface area contributed by atoms with Crippen molar-refractivity contribution in [2.24, 2.45) is 0 Å². The third-order valence-electron chi connectivity index (χ3n) is 2.81. The Morgan fingerprint density at radius 2 is 1.74 bits per heavy atom. The second-order valence-electron chi connectivity index (χ2n) is 6.33. The van der Waals surface area contributed by atoms with Gasteiger partial charge in [-0.25, -0.2) is 0 Å². The molecular weight excluding hydrogens is 252 g/mol. The van der Waals surface area contributed by atoms with E-state index in [-0.39, 0.29) is 0 Å². The van der Waals surface area contributed by atoms with Crippen LogP contribution in [0.5, 0.6) is 0 Å². The lowest BCUT2D eigenvalue weighted by atomic mass is 9.89. The van der Waals surface area contributed by atoms with Crippen LogP contribution >= 0.6 is 0 Å². The van der Waals surface area contributed by atoms with E-state index in [1.54, 1.807) is 13.8 Å². The number of aliphatic hydroxyl groups excluding tert-OH is 2. The minimum atomic E-state index is -1.28. The van der Waals surface area contributed by atoms with E-state index in [4.69, 9.17) is 14.2 Å². The van der Waals surface area contributed by atoms with Crippen molar-refractivity contribution in [1.29, 1.82) is 0 Å². The first-order valence-electron chi connectivity index (χ1n) is 6.33. The number of aliphatic hydroxyl groups is 2. The van der Waals surface area contributed by atoms with Gasteiger partial charge in [-0.05, 0) is 34.6 Å². The summed E-state index contributed by atoms with van der Waals surface area (Å²) >= 11 is 0. The Morgan fingerprint density at radius 1 is 1.21 bits per heavy atom. The predicted octanol–water partition coefficient (Wildman–Crippen LogP) is 0.590. The maximum Gasteiger partial charge on any atom is 0.303 e. The van der Waals surface area contributed by atoms with Gasteiger partial charge in [0.05, 0.1) is 5.60 Å². The van der Waals surface area contributed by atoms with Crippen LogP contribution in [0.1, 0.15) is 41.5 Å². The molecule has 0 aliphatic carbocycles. The summed E-state index contributed by atoms with van der Waals surface area (Å²) in [5.74, 6) is -0.539. The topological polar surface area (TPSA) is 85.2 Å². The van der Waals surface area contributed by atoms with Crippen molar-refractivity contribution in [2.45, 2.75) is 77.3 Å². The van der Waals surface area contributed by atoms with Gasteiger partial charge >= 0.3 is 5.97 Å². The highest BCUT2D eigenvalue weighted by Gasteiger charge is 2.52. The first-order valence-corrected chi connectivity index (χ1v) is 6.33. The number of hydrogen-bond acceptors (Lipinski definition) is 6. The molecule has 0 saturated carbocycles. The van der Waals surface area contributed by atoms with Crippen LogP contribution in [0.4, 0.5) is 0 Å². The summed E-state index contributed by atoms with van der Waals surface area (Å²) in [4.78, 5) is 11.1. The third kappa shape index (κ3) is 4.14. The molecule has 0 spiro atoms. The summed E-state index contributed by atoms with van der Waals surface area (Å²) in [6.45, 7) is 10.1. The first kappa shape index (κ1) is 16.4. The molecule has 1 aliphatic heterocycles. The first-order chi connectivity index (χ1) is 8.44. The fourth-order valence-corrected chi connectivity index (χ4v) is 2.02. The number of ether oxygens (including phenoxy) is 3. The number of carbonyl (C=O) groups is 1. The van der Waals surface area contributed by atoms with Crippen molar-refractivity contribution >= 4 is 5.97 Å². The minimum Gasteiger partial charge on any atom is -0.457 e. The molecule has 1 saturated heterocycles. The molecule has 6 heteroatoms. The van der Waals surface area contributed by atoms with Crippen LogP contribution in [0.2, 0.25) is 0 Å². The fraction of sp³-hybridized carbons (Fsp3) is 0.923. The van der Waals surface area contributed by atoms with Gasteiger partial charge in [-0.15, -0.1) is 0 Å². The highest BCUT2D eigenvalue weighted by atomic mass is 16.7. The van der Waals surface area contributed by atoms with Crippen molar-refractivity contribution in [2.75, 3.05) is 0 Å². The molecule has 1 fully saturated rings. The highest BCUT2D eigenvalue weighted by molar-refractivity contribution is 5.66. The van der Waals surface area contributed by atoms with E-state index in [0.717, 1.165) is 0 Å². The standard InChI is InChI=1S/C13H24O6/c1-7(14)17-10-8(15)9(16)11(18-12(2,3)4)19-13(10,5)6/h8-11,15-16H,1-6H3/t8?,9?,10-,11?/m0/s1. The molecule has 4 atom stereocenters. The van der Waals surface area contributed by atoms with E-state index in [1.807, 2.05) is 20.8 Å². The van der Waals surface area contributed by atoms with E-state index in [0.29, 0.717) is 0 Å². The van der Waals surface area contributed by atoms with Crippen molar-refractivity contribution < 1.29 is 29.2 Å². The molecule has 1 aliphatic rings. The normalized spacial score (nSPS) is 34.9. The van der Waals surface area contributed by atoms with Crippen LogP contribution in [0.15, 0.2) is 0 Å². The Morgan fingerprint density at radius 3 is 2.16 bits per heavy atom. The van der Waals surface area contributed by atoms with E-state index >= 15 is 0 Å². The molecule has 0 bridgehead atoms. The summed E-state index contributed by atoms with van der Waals surface area (Å²) in [5, 5.41) is 20.1. The molecule has 0 aromatic rings. The third-order valence-corrected chi connectivity index (χ3v) is 2.81. The predicted molar refractivity (Wildman–Crippen MR) is 67.4 cm³/mol. The Balaban J connectivity index is 2.89. The molecule has 1 heterocycles. The maximum absolute atomic E-state index is 11.1. The molecule has 0 aromatic carbocycles. The average Bonchev–Trinajstić information content (AvgIpc) is 2.18. The van der Waals surface area contributed by atoms with E-state index < -0.39 is 41.8 Å². The van der Waals surface area contributed by atoms with Gasteiger partial charge in [0.25, 0.3) is 0 Å². The van der Waals surface area contributed by atoms with Gasteiger partial charge in [-0.1, -0.05) is 0 Å². The molecule has 1 rings (SSSR count). The molecule has 6 nitrogen and oxygen atoms in total. The summed E-state index contributed by atoms with van der Waals surface area (Å²) in [7, 11) is 0. The molecule has 112 valence electrons. The summed E-state index contributed by atoms with van der Waals surface area (Å²) in [5.41, 5.74) is -1.49. The smallest absolute Gasteiger partial charge is 0.303 e.